The summed E-state index contributed by atoms with van der Waals surface area (Å²) >= 11 is 3.45. The Hall–Kier alpha value is -2.09. The van der Waals surface area contributed by atoms with E-state index in [0.717, 1.165) is 34.8 Å². The lowest BCUT2D eigenvalue weighted by Crippen LogP contribution is -2.11. The molecule has 0 heterocycles. The number of carbonyl (C=O) groups is 2. The van der Waals surface area contributed by atoms with Crippen LogP contribution >= 0.6 is 23.5 Å². The first kappa shape index (κ1) is 23.2. The van der Waals surface area contributed by atoms with Gasteiger partial charge in [-0.25, -0.2) is 4.79 Å². The van der Waals surface area contributed by atoms with Gasteiger partial charge < -0.3 is 9.94 Å². The molecule has 0 atom stereocenters. The molecule has 7 heteroatoms. The molecule has 0 saturated carbocycles. The highest BCUT2D eigenvalue weighted by Crippen LogP contribution is 2.30. The Labute approximate surface area is 179 Å². The van der Waals surface area contributed by atoms with Gasteiger partial charge in [0.05, 0.1) is 0 Å². The van der Waals surface area contributed by atoms with Gasteiger partial charge in [0.2, 0.25) is 5.78 Å². The van der Waals surface area contributed by atoms with Crippen molar-refractivity contribution in [1.29, 1.82) is 0 Å². The lowest BCUT2D eigenvalue weighted by atomic mass is 10.1. The number of thioether (sulfide) groups is 1. The molecule has 5 nitrogen and oxygen atoms in total. The molecule has 0 unspecified atom stereocenters. The van der Waals surface area contributed by atoms with Crippen molar-refractivity contribution in [3.8, 4) is 0 Å². The number of oxime groups is 1. The zero-order chi connectivity index (χ0) is 21.1. The first-order valence-corrected chi connectivity index (χ1v) is 11.2. The minimum Gasteiger partial charge on any atom is -0.396 e. The molecule has 2 aromatic carbocycles. The monoisotopic (exact) mass is 431 g/mol. The van der Waals surface area contributed by atoms with E-state index >= 15 is 0 Å². The summed E-state index contributed by atoms with van der Waals surface area (Å²) in [5.41, 5.74) is 0.626. The van der Waals surface area contributed by atoms with E-state index < -0.39 is 5.97 Å². The smallest absolute Gasteiger partial charge is 0.331 e. The van der Waals surface area contributed by atoms with Crippen LogP contribution in [0.25, 0.3) is 0 Å². The third-order valence-corrected chi connectivity index (χ3v) is 6.00. The number of hydrogen-bond acceptors (Lipinski definition) is 7. The molecule has 0 aliphatic rings. The summed E-state index contributed by atoms with van der Waals surface area (Å²) in [6.45, 7) is 3.02. The van der Waals surface area contributed by atoms with E-state index in [9.17, 15) is 9.59 Å². The van der Waals surface area contributed by atoms with Gasteiger partial charge in [0, 0.05) is 33.8 Å². The Bertz CT molecular complexity index is 833. The van der Waals surface area contributed by atoms with Crippen LogP contribution in [-0.2, 0) is 9.63 Å². The molecule has 0 radical (unpaired) electrons. The van der Waals surface area contributed by atoms with Crippen LogP contribution in [0.1, 0.15) is 43.5 Å². The zero-order valence-electron chi connectivity index (χ0n) is 16.6. The Morgan fingerprint density at radius 1 is 0.897 bits per heavy atom. The van der Waals surface area contributed by atoms with Gasteiger partial charge in [0.1, 0.15) is 5.71 Å². The van der Waals surface area contributed by atoms with E-state index in [2.05, 4.69) is 34.3 Å². The van der Waals surface area contributed by atoms with Crippen LogP contribution in [0.15, 0.2) is 68.4 Å². The fourth-order valence-electron chi connectivity index (χ4n) is 2.38. The molecule has 154 valence electrons. The number of rotatable bonds is 11. The molecule has 0 saturated heterocycles. The number of carbonyl (C=O) groups excluding carboxylic acids is 2. The molecule has 0 bridgehead atoms. The van der Waals surface area contributed by atoms with Crippen molar-refractivity contribution >= 4 is 41.0 Å². The predicted octanol–water partition coefficient (Wildman–Crippen LogP) is 5.21. The number of nitrogens with zero attached hydrogens (tertiary/aromatic N) is 1. The summed E-state index contributed by atoms with van der Waals surface area (Å²) in [4.78, 5) is 31.0. The summed E-state index contributed by atoms with van der Waals surface area (Å²) in [7, 11) is 0. The van der Waals surface area contributed by atoms with E-state index in [1.807, 2.05) is 23.9 Å². The van der Waals surface area contributed by atoms with E-state index in [0.29, 0.717) is 5.56 Å². The van der Waals surface area contributed by atoms with Gasteiger partial charge in [-0.05, 0) is 74.0 Å². The van der Waals surface area contributed by atoms with Crippen molar-refractivity contribution in [2.45, 2.75) is 47.8 Å². The van der Waals surface area contributed by atoms with Gasteiger partial charge in [0.25, 0.3) is 0 Å². The SMILES string of the molecule is CC(=O)O/N=C(\C)C(=O)c1ccc(Sc2ccc(SCCCCCO)cc2)cc1. The summed E-state index contributed by atoms with van der Waals surface area (Å²) in [5.74, 6) is 0.223. The number of unbranched alkanes of at least 4 members (excludes halogenated alkanes) is 2. The summed E-state index contributed by atoms with van der Waals surface area (Å²) in [6.07, 6.45) is 3.04. The van der Waals surface area contributed by atoms with Gasteiger partial charge >= 0.3 is 5.97 Å². The number of ketones is 1. The van der Waals surface area contributed by atoms with Crippen LogP contribution in [0.4, 0.5) is 0 Å². The number of aliphatic hydroxyl groups is 1. The van der Waals surface area contributed by atoms with E-state index in [1.165, 1.54) is 18.7 Å². The molecule has 1 N–H and O–H groups in total. The van der Waals surface area contributed by atoms with Gasteiger partial charge in [-0.2, -0.15) is 0 Å². The standard InChI is InChI=1S/C22H25NO4S2/c1-16(23-27-17(2)25)22(26)18-6-8-20(9-7-18)29-21-12-10-19(11-13-21)28-15-5-3-4-14-24/h6-13,24H,3-5,14-15H2,1-2H3/b23-16+. The molecular weight excluding hydrogens is 406 g/mol. The summed E-state index contributed by atoms with van der Waals surface area (Å²) in [6, 6.07) is 15.7. The molecular formula is C22H25NO4S2. The van der Waals surface area contributed by atoms with Crippen LogP contribution in [0.5, 0.6) is 0 Å². The van der Waals surface area contributed by atoms with E-state index in [1.54, 1.807) is 23.9 Å². The van der Waals surface area contributed by atoms with Gasteiger partial charge in [-0.1, -0.05) is 23.3 Å². The van der Waals surface area contributed by atoms with E-state index in [4.69, 9.17) is 5.11 Å². The van der Waals surface area contributed by atoms with Crippen molar-refractivity contribution in [2.24, 2.45) is 5.16 Å². The van der Waals surface area contributed by atoms with Crippen molar-refractivity contribution in [3.05, 3.63) is 54.1 Å². The van der Waals surface area contributed by atoms with Crippen LogP contribution in [0.3, 0.4) is 0 Å². The highest BCUT2D eigenvalue weighted by atomic mass is 32.2. The van der Waals surface area contributed by atoms with Crippen LogP contribution in [0.2, 0.25) is 0 Å². The van der Waals surface area contributed by atoms with Gasteiger partial charge in [-0.3, -0.25) is 4.79 Å². The minimum absolute atomic E-state index is 0.130. The largest absolute Gasteiger partial charge is 0.396 e. The Kier molecular flexibility index (Phi) is 9.97. The average molecular weight is 432 g/mol. The minimum atomic E-state index is -0.560. The highest BCUT2D eigenvalue weighted by molar-refractivity contribution is 7.99. The topological polar surface area (TPSA) is 76.0 Å². The van der Waals surface area contributed by atoms with Crippen LogP contribution in [0, 0.1) is 0 Å². The molecule has 0 amide bonds. The Balaban J connectivity index is 1.88. The fraction of sp³-hybridized carbons (Fsp3) is 0.318. The summed E-state index contributed by atoms with van der Waals surface area (Å²) in [5, 5.41) is 12.3. The Morgan fingerprint density at radius 3 is 2.07 bits per heavy atom. The highest BCUT2D eigenvalue weighted by Gasteiger charge is 2.11. The third kappa shape index (κ3) is 8.43. The fourth-order valence-corrected chi connectivity index (χ4v) is 4.11. The maximum atomic E-state index is 12.3. The number of Topliss-reactive ketones (excluding diaryl/α,β-unsaturated/α-hetero) is 1. The van der Waals surface area contributed by atoms with Crippen molar-refractivity contribution in [1.82, 2.24) is 0 Å². The first-order chi connectivity index (χ1) is 14.0. The maximum absolute atomic E-state index is 12.3. The van der Waals surface area contributed by atoms with E-state index in [-0.39, 0.29) is 18.1 Å². The second-order valence-corrected chi connectivity index (χ2v) is 8.63. The van der Waals surface area contributed by atoms with Crippen molar-refractivity contribution < 1.29 is 19.5 Å². The quantitative estimate of drug-likeness (QED) is 0.131. The zero-order valence-corrected chi connectivity index (χ0v) is 18.2. The molecule has 0 fully saturated rings. The predicted molar refractivity (Wildman–Crippen MR) is 118 cm³/mol. The molecule has 2 rings (SSSR count). The van der Waals surface area contributed by atoms with Crippen LogP contribution < -0.4 is 0 Å². The molecule has 0 aliphatic heterocycles. The lowest BCUT2D eigenvalue weighted by molar-refractivity contribution is -0.140. The maximum Gasteiger partial charge on any atom is 0.331 e. The Morgan fingerprint density at radius 2 is 1.48 bits per heavy atom. The van der Waals surface area contributed by atoms with Crippen LogP contribution in [-0.4, -0.2) is 34.9 Å². The molecule has 29 heavy (non-hydrogen) atoms. The molecule has 0 aliphatic carbocycles. The van der Waals surface area contributed by atoms with Gasteiger partial charge in [-0.15, -0.1) is 11.8 Å². The lowest BCUT2D eigenvalue weighted by Gasteiger charge is -2.06. The van der Waals surface area contributed by atoms with Crippen molar-refractivity contribution in [3.63, 3.8) is 0 Å². The third-order valence-electron chi connectivity index (χ3n) is 3.89. The number of benzene rings is 2. The van der Waals surface area contributed by atoms with Crippen molar-refractivity contribution in [2.75, 3.05) is 12.4 Å². The second kappa shape index (κ2) is 12.5. The normalized spacial score (nSPS) is 11.3. The summed E-state index contributed by atoms with van der Waals surface area (Å²) < 4.78 is 0. The number of hydrogen-bond donors (Lipinski definition) is 1. The molecule has 0 aromatic heterocycles. The molecule has 2 aromatic rings. The number of aliphatic hydroxyl groups excluding tert-OH is 1. The average Bonchev–Trinajstić information content (AvgIpc) is 2.73. The first-order valence-electron chi connectivity index (χ1n) is 9.38. The molecule has 0 spiro atoms. The second-order valence-electron chi connectivity index (χ2n) is 6.32. The van der Waals surface area contributed by atoms with Gasteiger partial charge in [0.15, 0.2) is 0 Å².